The fourth-order valence-electron chi connectivity index (χ4n) is 12.0. The highest BCUT2D eigenvalue weighted by molar-refractivity contribution is 5.77. The average molecular weight is 793 g/mol. The minimum Gasteiger partial charge on any atom is -0.432 e. The summed E-state index contributed by atoms with van der Waals surface area (Å²) < 4.78 is 35.5. The van der Waals surface area contributed by atoms with Gasteiger partial charge in [0.25, 0.3) is 0 Å². The van der Waals surface area contributed by atoms with Crippen molar-refractivity contribution in [1.82, 2.24) is 0 Å². The zero-order chi connectivity index (χ0) is 39.8. The van der Waals surface area contributed by atoms with Crippen molar-refractivity contribution in [3.8, 4) is 0 Å². The number of esters is 1. The summed E-state index contributed by atoms with van der Waals surface area (Å²) in [4.78, 5) is 14.1. The fraction of sp³-hybridized carbons (Fsp3) is 0.973. The Morgan fingerprint density at radius 2 is 1.15 bits per heavy atom. The predicted molar refractivity (Wildman–Crippen MR) is 182 cm³/mol. The van der Waals surface area contributed by atoms with Crippen LogP contribution in [0, 0.1) is 28.1 Å². The summed E-state index contributed by atoms with van der Waals surface area (Å²) in [6.45, 7) is 2.15. The number of rotatable bonds is 9. The molecule has 0 radical (unpaired) electrons. The van der Waals surface area contributed by atoms with Gasteiger partial charge in [-0.2, -0.15) is 0 Å². The highest BCUT2D eigenvalue weighted by Crippen LogP contribution is 2.73. The van der Waals surface area contributed by atoms with Crippen molar-refractivity contribution in [3.05, 3.63) is 0 Å². The summed E-state index contributed by atoms with van der Waals surface area (Å²) in [5.74, 6) is -0.456. The molecule has 11 N–H and O–H groups in total. The predicted octanol–water partition coefficient (Wildman–Crippen LogP) is -3.10. The lowest BCUT2D eigenvalue weighted by Gasteiger charge is -2.64. The van der Waals surface area contributed by atoms with E-state index in [1.807, 2.05) is 6.92 Å². The number of aliphatic hydroxyl groups is 11. The lowest BCUT2D eigenvalue weighted by molar-refractivity contribution is -0.380. The molecule has 0 aromatic rings. The maximum absolute atomic E-state index is 14.1. The third-order valence-electron chi connectivity index (χ3n) is 15.0. The number of ether oxygens (including phenoxy) is 6. The van der Waals surface area contributed by atoms with Crippen molar-refractivity contribution in [2.45, 2.75) is 176 Å². The summed E-state index contributed by atoms with van der Waals surface area (Å²) in [6.07, 6.45) is -16.1. The molecule has 0 aromatic carbocycles. The van der Waals surface area contributed by atoms with Crippen molar-refractivity contribution in [2.24, 2.45) is 28.1 Å². The molecule has 3 aliphatic heterocycles. The molecule has 7 aliphatic rings. The quantitative estimate of drug-likeness (QED) is 0.0814. The standard InChI is InChI=1S/C37H60O18/c1-34-6-3-7-35(2,33(49)54-31-28(48)25(45)22(42)17(13-39)51-31)19(34)4-8-36-10-11-37(15-36,9-5-20(34)36)55-32-29(26(46)23(43)18(14-40)52-32)53-30-27(47)24(44)21(41)16(12-38)50-30/h16-32,38-48H,3-15H2,1-2H3. The Kier molecular flexibility index (Phi) is 11.8. The SMILES string of the molecule is CC1(C(=O)OC2OC(CO)C(O)C(O)C2O)CCCC2(C)C3CCC4(OC5OC(CO)C(O)C(O)C5OC5OC(CO)C(O)C(O)C5O)CCC3(CCC12)C4. The van der Waals surface area contributed by atoms with Crippen LogP contribution in [0.15, 0.2) is 0 Å². The van der Waals surface area contributed by atoms with Crippen LogP contribution in [0.2, 0.25) is 0 Å². The second kappa shape index (κ2) is 15.5. The van der Waals surface area contributed by atoms with E-state index in [4.69, 9.17) is 28.4 Å². The van der Waals surface area contributed by atoms with Gasteiger partial charge in [-0.1, -0.05) is 13.3 Å². The molecule has 2 bridgehead atoms. The topological polar surface area (TPSA) is 295 Å². The number of hydrogen-bond donors (Lipinski definition) is 11. The van der Waals surface area contributed by atoms with Crippen LogP contribution in [0.3, 0.4) is 0 Å². The van der Waals surface area contributed by atoms with E-state index in [1.165, 1.54) is 0 Å². The smallest absolute Gasteiger partial charge is 0.314 e. The van der Waals surface area contributed by atoms with Gasteiger partial charge in [0.05, 0.1) is 30.8 Å². The first-order chi connectivity index (χ1) is 26.0. The lowest BCUT2D eigenvalue weighted by atomic mass is 9.41. The molecule has 316 valence electrons. The molecule has 4 aliphatic carbocycles. The summed E-state index contributed by atoms with van der Waals surface area (Å²) in [7, 11) is 0. The molecular formula is C37H60O18. The molecule has 1 spiro atoms. The van der Waals surface area contributed by atoms with Crippen molar-refractivity contribution in [3.63, 3.8) is 0 Å². The summed E-state index contributed by atoms with van der Waals surface area (Å²) in [5, 5.41) is 114. The highest BCUT2D eigenvalue weighted by Gasteiger charge is 2.68. The molecule has 3 saturated heterocycles. The van der Waals surface area contributed by atoms with Crippen LogP contribution in [-0.2, 0) is 33.2 Å². The second-order valence-electron chi connectivity index (χ2n) is 17.9. The summed E-state index contributed by atoms with van der Waals surface area (Å²) >= 11 is 0. The highest BCUT2D eigenvalue weighted by atomic mass is 16.8. The van der Waals surface area contributed by atoms with Gasteiger partial charge < -0.3 is 84.6 Å². The first-order valence-corrected chi connectivity index (χ1v) is 19.8. The van der Waals surface area contributed by atoms with E-state index in [1.54, 1.807) is 0 Å². The summed E-state index contributed by atoms with van der Waals surface area (Å²) in [6, 6.07) is 0. The number of hydrogen-bond acceptors (Lipinski definition) is 18. The first kappa shape index (κ1) is 42.0. The van der Waals surface area contributed by atoms with Gasteiger partial charge in [0.1, 0.15) is 73.2 Å². The van der Waals surface area contributed by atoms with Crippen molar-refractivity contribution in [1.29, 1.82) is 0 Å². The van der Waals surface area contributed by atoms with E-state index in [-0.39, 0.29) is 22.7 Å². The Morgan fingerprint density at radius 1 is 0.600 bits per heavy atom. The van der Waals surface area contributed by atoms with Crippen LogP contribution in [0.1, 0.15) is 78.1 Å². The zero-order valence-electron chi connectivity index (χ0n) is 31.3. The van der Waals surface area contributed by atoms with E-state index < -0.39 is 129 Å². The Morgan fingerprint density at radius 3 is 1.76 bits per heavy atom. The van der Waals surface area contributed by atoms with Crippen molar-refractivity contribution >= 4 is 5.97 Å². The minimum atomic E-state index is -1.78. The zero-order valence-corrected chi connectivity index (χ0v) is 31.3. The van der Waals surface area contributed by atoms with E-state index in [2.05, 4.69) is 6.92 Å². The second-order valence-corrected chi connectivity index (χ2v) is 17.9. The molecule has 55 heavy (non-hydrogen) atoms. The van der Waals surface area contributed by atoms with Crippen molar-refractivity contribution in [2.75, 3.05) is 19.8 Å². The van der Waals surface area contributed by atoms with E-state index in [0.29, 0.717) is 32.1 Å². The van der Waals surface area contributed by atoms with Gasteiger partial charge in [-0.3, -0.25) is 4.79 Å². The molecule has 0 aromatic heterocycles. The molecule has 0 amide bonds. The molecule has 21 unspecified atom stereocenters. The molecule has 3 heterocycles. The Hall–Kier alpha value is -1.17. The monoisotopic (exact) mass is 792 g/mol. The minimum absolute atomic E-state index is 0.0873. The molecule has 4 saturated carbocycles. The van der Waals surface area contributed by atoms with Gasteiger partial charge in [0.2, 0.25) is 6.29 Å². The molecule has 21 atom stereocenters. The maximum atomic E-state index is 14.1. The number of fused-ring (bicyclic) bond motifs is 3. The first-order valence-electron chi connectivity index (χ1n) is 19.8. The third kappa shape index (κ3) is 6.88. The number of carbonyl (C=O) groups is 1. The Bertz CT molecular complexity index is 1370. The number of carbonyl (C=O) groups excluding carboxylic acids is 1. The number of aliphatic hydroxyl groups excluding tert-OH is 11. The fourth-order valence-corrected chi connectivity index (χ4v) is 12.0. The largest absolute Gasteiger partial charge is 0.432 e. The van der Waals surface area contributed by atoms with Gasteiger partial charge in [-0.25, -0.2) is 0 Å². The van der Waals surface area contributed by atoms with Crippen LogP contribution in [0.5, 0.6) is 0 Å². The van der Waals surface area contributed by atoms with Gasteiger partial charge >= 0.3 is 5.97 Å². The van der Waals surface area contributed by atoms with Crippen LogP contribution >= 0.6 is 0 Å². The summed E-state index contributed by atoms with van der Waals surface area (Å²) in [5.41, 5.74) is -2.14. The van der Waals surface area contributed by atoms with Crippen LogP contribution < -0.4 is 0 Å². The maximum Gasteiger partial charge on any atom is 0.314 e. The molecule has 7 fully saturated rings. The van der Waals surface area contributed by atoms with Crippen LogP contribution in [0.4, 0.5) is 0 Å². The van der Waals surface area contributed by atoms with E-state index in [0.717, 1.165) is 32.1 Å². The van der Waals surface area contributed by atoms with Gasteiger partial charge in [-0.15, -0.1) is 0 Å². The van der Waals surface area contributed by atoms with E-state index >= 15 is 0 Å². The molecular weight excluding hydrogens is 732 g/mol. The molecule has 7 rings (SSSR count). The van der Waals surface area contributed by atoms with E-state index in [9.17, 15) is 61.0 Å². The average Bonchev–Trinajstić information content (AvgIpc) is 3.43. The normalized spacial score (nSPS) is 55.3. The molecule has 18 heteroatoms. The van der Waals surface area contributed by atoms with Crippen molar-refractivity contribution < 1.29 is 89.4 Å². The van der Waals surface area contributed by atoms with Gasteiger partial charge in [-0.05, 0) is 87.4 Å². The van der Waals surface area contributed by atoms with Gasteiger partial charge in [0.15, 0.2) is 12.6 Å². The lowest BCUT2D eigenvalue weighted by Crippen LogP contribution is -2.65. The third-order valence-corrected chi connectivity index (χ3v) is 15.0. The Balaban J connectivity index is 1.08. The van der Waals surface area contributed by atoms with Crippen LogP contribution in [-0.4, -0.2) is 180 Å². The Labute approximate surface area is 318 Å². The molecule has 18 nitrogen and oxygen atoms in total. The van der Waals surface area contributed by atoms with Crippen LogP contribution in [0.25, 0.3) is 0 Å². The van der Waals surface area contributed by atoms with Gasteiger partial charge in [0, 0.05) is 0 Å².